The van der Waals surface area contributed by atoms with Crippen molar-refractivity contribution in [2.24, 2.45) is 0 Å². The highest BCUT2D eigenvalue weighted by Crippen LogP contribution is 2.30. The molecule has 1 spiro atoms. The van der Waals surface area contributed by atoms with Gasteiger partial charge < -0.3 is 9.64 Å². The van der Waals surface area contributed by atoms with Crippen LogP contribution in [0, 0.1) is 0 Å². The average molecular weight is 366 g/mol. The zero-order valence-corrected chi connectivity index (χ0v) is 15.6. The maximum atomic E-state index is 12.7. The second-order valence-corrected chi connectivity index (χ2v) is 7.44. The van der Waals surface area contributed by atoms with E-state index in [4.69, 9.17) is 4.74 Å². The minimum absolute atomic E-state index is 0.146. The molecule has 0 N–H and O–H groups in total. The summed E-state index contributed by atoms with van der Waals surface area (Å²) < 4.78 is 6.18. The zero-order valence-electron chi connectivity index (χ0n) is 15.6. The molecule has 2 aliphatic rings. The summed E-state index contributed by atoms with van der Waals surface area (Å²) >= 11 is 0. The lowest BCUT2D eigenvalue weighted by molar-refractivity contribution is -0.159. The molecule has 142 valence electrons. The van der Waals surface area contributed by atoms with Crippen molar-refractivity contribution in [3.05, 3.63) is 60.2 Å². The lowest BCUT2D eigenvalue weighted by Crippen LogP contribution is -2.58. The van der Waals surface area contributed by atoms with Gasteiger partial charge >= 0.3 is 0 Å². The summed E-state index contributed by atoms with van der Waals surface area (Å²) in [6.07, 6.45) is 5.85. The van der Waals surface area contributed by atoms with Crippen molar-refractivity contribution in [3.8, 4) is 0 Å². The Balaban J connectivity index is 1.32. The summed E-state index contributed by atoms with van der Waals surface area (Å²) in [6.45, 7) is 4.80. The SMILES string of the molecule is O=C(Cc1ccccn1)N1CCOC2(CCN(Cc3ccccn3)CC2)C1. The van der Waals surface area contributed by atoms with Gasteiger partial charge in [-0.2, -0.15) is 0 Å². The summed E-state index contributed by atoms with van der Waals surface area (Å²) in [5, 5.41) is 0. The van der Waals surface area contributed by atoms with Crippen LogP contribution in [-0.2, 0) is 22.5 Å². The van der Waals surface area contributed by atoms with Crippen molar-refractivity contribution in [2.75, 3.05) is 32.8 Å². The highest BCUT2D eigenvalue weighted by atomic mass is 16.5. The van der Waals surface area contributed by atoms with E-state index < -0.39 is 0 Å². The number of carbonyl (C=O) groups excluding carboxylic acids is 1. The van der Waals surface area contributed by atoms with Gasteiger partial charge in [-0.25, -0.2) is 0 Å². The van der Waals surface area contributed by atoms with E-state index in [2.05, 4.69) is 20.9 Å². The fraction of sp³-hybridized carbons (Fsp3) is 0.476. The number of pyridine rings is 2. The first kappa shape index (κ1) is 18.1. The molecule has 27 heavy (non-hydrogen) atoms. The van der Waals surface area contributed by atoms with Crippen LogP contribution in [0.4, 0.5) is 0 Å². The zero-order chi connectivity index (χ0) is 18.5. The fourth-order valence-corrected chi connectivity index (χ4v) is 3.97. The van der Waals surface area contributed by atoms with E-state index in [-0.39, 0.29) is 11.5 Å². The van der Waals surface area contributed by atoms with E-state index in [1.807, 2.05) is 41.4 Å². The topological polar surface area (TPSA) is 58.6 Å². The van der Waals surface area contributed by atoms with Crippen LogP contribution in [0.3, 0.4) is 0 Å². The number of carbonyl (C=O) groups is 1. The van der Waals surface area contributed by atoms with Gasteiger partial charge in [-0.15, -0.1) is 0 Å². The maximum absolute atomic E-state index is 12.7. The highest BCUT2D eigenvalue weighted by Gasteiger charge is 2.40. The van der Waals surface area contributed by atoms with E-state index in [0.29, 0.717) is 26.1 Å². The van der Waals surface area contributed by atoms with Crippen molar-refractivity contribution < 1.29 is 9.53 Å². The van der Waals surface area contributed by atoms with Gasteiger partial charge in [0.15, 0.2) is 0 Å². The third-order valence-electron chi connectivity index (χ3n) is 5.54. The summed E-state index contributed by atoms with van der Waals surface area (Å²) in [5.41, 5.74) is 1.73. The molecular formula is C21H26N4O2. The largest absolute Gasteiger partial charge is 0.371 e. The molecule has 2 fully saturated rings. The van der Waals surface area contributed by atoms with Gasteiger partial charge in [0.1, 0.15) is 0 Å². The third kappa shape index (κ3) is 4.51. The van der Waals surface area contributed by atoms with Crippen molar-refractivity contribution in [3.63, 3.8) is 0 Å². The van der Waals surface area contributed by atoms with Crippen LogP contribution in [0.5, 0.6) is 0 Å². The second-order valence-electron chi connectivity index (χ2n) is 7.44. The molecule has 0 saturated carbocycles. The van der Waals surface area contributed by atoms with E-state index in [9.17, 15) is 4.79 Å². The first-order valence-corrected chi connectivity index (χ1v) is 9.66. The Kier molecular flexibility index (Phi) is 5.45. The van der Waals surface area contributed by atoms with Gasteiger partial charge in [0.05, 0.1) is 24.3 Å². The summed E-state index contributed by atoms with van der Waals surface area (Å²) in [7, 11) is 0. The first-order chi connectivity index (χ1) is 13.2. The number of morpholine rings is 1. The van der Waals surface area contributed by atoms with Gasteiger partial charge in [0.25, 0.3) is 0 Å². The number of hydrogen-bond acceptors (Lipinski definition) is 5. The first-order valence-electron chi connectivity index (χ1n) is 9.66. The normalized spacial score (nSPS) is 19.9. The molecule has 0 aliphatic carbocycles. The summed E-state index contributed by atoms with van der Waals surface area (Å²) in [5.74, 6) is 0.146. The molecule has 0 atom stereocenters. The minimum atomic E-state index is -0.196. The molecule has 4 heterocycles. The van der Waals surface area contributed by atoms with Crippen LogP contribution in [0.2, 0.25) is 0 Å². The Labute approximate surface area is 160 Å². The average Bonchev–Trinajstić information content (AvgIpc) is 2.72. The minimum Gasteiger partial charge on any atom is -0.371 e. The Morgan fingerprint density at radius 2 is 1.70 bits per heavy atom. The van der Waals surface area contributed by atoms with Crippen LogP contribution >= 0.6 is 0 Å². The van der Waals surface area contributed by atoms with E-state index in [1.165, 1.54) is 0 Å². The van der Waals surface area contributed by atoms with Crippen LogP contribution in [-0.4, -0.2) is 64.1 Å². The van der Waals surface area contributed by atoms with Crippen molar-refractivity contribution in [1.82, 2.24) is 19.8 Å². The Bertz CT molecular complexity index is 745. The van der Waals surface area contributed by atoms with Gasteiger partial charge in [-0.3, -0.25) is 19.7 Å². The number of hydrogen-bond donors (Lipinski definition) is 0. The molecule has 2 saturated heterocycles. The lowest BCUT2D eigenvalue weighted by atomic mass is 9.89. The number of aromatic nitrogens is 2. The van der Waals surface area contributed by atoms with Gasteiger partial charge in [0.2, 0.25) is 5.91 Å². The lowest BCUT2D eigenvalue weighted by Gasteiger charge is -2.47. The van der Waals surface area contributed by atoms with E-state index in [0.717, 1.165) is 43.9 Å². The molecule has 2 aromatic rings. The Hall–Kier alpha value is -2.31. The molecule has 2 aliphatic heterocycles. The number of likely N-dealkylation sites (tertiary alicyclic amines) is 1. The fourth-order valence-electron chi connectivity index (χ4n) is 3.97. The van der Waals surface area contributed by atoms with Crippen LogP contribution in [0.15, 0.2) is 48.8 Å². The predicted octanol–water partition coefficient (Wildman–Crippen LogP) is 1.91. The molecule has 6 nitrogen and oxygen atoms in total. The van der Waals surface area contributed by atoms with Gasteiger partial charge in [-0.05, 0) is 37.1 Å². The molecule has 0 radical (unpaired) electrons. The molecule has 0 aromatic carbocycles. The van der Waals surface area contributed by atoms with Crippen molar-refractivity contribution >= 4 is 5.91 Å². The number of ether oxygens (including phenoxy) is 1. The molecule has 6 heteroatoms. The second kappa shape index (κ2) is 8.15. The standard InChI is InChI=1S/C21H26N4O2/c26-20(15-18-5-1-3-9-22-18)25-13-14-27-21(17-25)7-11-24(12-8-21)16-19-6-2-4-10-23-19/h1-6,9-10H,7-8,11-17H2. The molecule has 0 bridgehead atoms. The van der Waals surface area contributed by atoms with Crippen molar-refractivity contribution in [2.45, 2.75) is 31.4 Å². The number of piperidine rings is 1. The Morgan fingerprint density at radius 1 is 1.00 bits per heavy atom. The number of nitrogens with zero attached hydrogens (tertiary/aromatic N) is 4. The van der Waals surface area contributed by atoms with Crippen LogP contribution in [0.25, 0.3) is 0 Å². The number of amides is 1. The van der Waals surface area contributed by atoms with Gasteiger partial charge in [0, 0.05) is 50.8 Å². The highest BCUT2D eigenvalue weighted by molar-refractivity contribution is 5.78. The molecular weight excluding hydrogens is 340 g/mol. The molecule has 1 amide bonds. The van der Waals surface area contributed by atoms with Gasteiger partial charge in [-0.1, -0.05) is 12.1 Å². The molecule has 4 rings (SSSR count). The molecule has 2 aromatic heterocycles. The van der Waals surface area contributed by atoms with Crippen LogP contribution in [0.1, 0.15) is 24.2 Å². The smallest absolute Gasteiger partial charge is 0.228 e. The Morgan fingerprint density at radius 3 is 2.37 bits per heavy atom. The summed E-state index contributed by atoms with van der Waals surface area (Å²) in [4.78, 5) is 25.8. The summed E-state index contributed by atoms with van der Waals surface area (Å²) in [6, 6.07) is 11.7. The monoisotopic (exact) mass is 366 g/mol. The van der Waals surface area contributed by atoms with Crippen molar-refractivity contribution in [1.29, 1.82) is 0 Å². The third-order valence-corrected chi connectivity index (χ3v) is 5.54. The van der Waals surface area contributed by atoms with E-state index >= 15 is 0 Å². The number of rotatable bonds is 4. The quantitative estimate of drug-likeness (QED) is 0.827. The predicted molar refractivity (Wildman–Crippen MR) is 102 cm³/mol. The maximum Gasteiger partial charge on any atom is 0.228 e. The molecule has 0 unspecified atom stereocenters. The van der Waals surface area contributed by atoms with E-state index in [1.54, 1.807) is 6.20 Å². The van der Waals surface area contributed by atoms with Crippen LogP contribution < -0.4 is 0 Å².